The lowest BCUT2D eigenvalue weighted by molar-refractivity contribution is -0.384. The molecule has 1 amide bonds. The molecule has 0 radical (unpaired) electrons. The summed E-state index contributed by atoms with van der Waals surface area (Å²) in [5, 5.41) is 24.9. The molecular formula is C15H14F3N3O4. The Kier molecular flexibility index (Phi) is 4.02. The molecule has 25 heavy (non-hydrogen) atoms. The molecule has 10 heteroatoms. The summed E-state index contributed by atoms with van der Waals surface area (Å²) < 4.78 is 40.8. The molecule has 7 nitrogen and oxygen atoms in total. The van der Waals surface area contributed by atoms with Crippen molar-refractivity contribution in [3.8, 4) is 0 Å². The highest BCUT2D eigenvalue weighted by atomic mass is 19.4. The number of alkyl halides is 3. The van der Waals surface area contributed by atoms with E-state index in [-0.39, 0.29) is 34.8 Å². The van der Waals surface area contributed by atoms with Crippen molar-refractivity contribution in [2.24, 2.45) is 11.0 Å². The van der Waals surface area contributed by atoms with Gasteiger partial charge >= 0.3 is 6.18 Å². The molecule has 1 aliphatic carbocycles. The second-order valence-corrected chi connectivity index (χ2v) is 6.03. The minimum absolute atomic E-state index is 0.0822. The van der Waals surface area contributed by atoms with E-state index in [9.17, 15) is 33.2 Å². The summed E-state index contributed by atoms with van der Waals surface area (Å²) in [5.74, 6) is -2.44. The van der Waals surface area contributed by atoms with Crippen LogP contribution in [0.3, 0.4) is 0 Å². The Bertz CT molecular complexity index is 747. The van der Waals surface area contributed by atoms with Gasteiger partial charge in [-0.05, 0) is 31.4 Å². The van der Waals surface area contributed by atoms with Crippen molar-refractivity contribution in [3.63, 3.8) is 0 Å². The van der Waals surface area contributed by atoms with Gasteiger partial charge < -0.3 is 5.11 Å². The number of hydrogen-bond acceptors (Lipinski definition) is 5. The highest BCUT2D eigenvalue weighted by molar-refractivity contribution is 5.99. The first-order valence-electron chi connectivity index (χ1n) is 7.61. The Hall–Kier alpha value is -2.49. The summed E-state index contributed by atoms with van der Waals surface area (Å²) in [4.78, 5) is 22.5. The van der Waals surface area contributed by atoms with E-state index in [0.29, 0.717) is 12.8 Å². The number of carbonyl (C=O) groups is 1. The second kappa shape index (κ2) is 5.80. The number of halogens is 3. The average molecular weight is 357 g/mol. The minimum atomic E-state index is -5.09. The van der Waals surface area contributed by atoms with Crippen LogP contribution in [0.5, 0.6) is 0 Å². The normalized spacial score (nSPS) is 26.2. The third kappa shape index (κ3) is 2.66. The van der Waals surface area contributed by atoms with Crippen LogP contribution in [-0.4, -0.2) is 38.6 Å². The zero-order valence-electron chi connectivity index (χ0n) is 12.9. The number of nitro groups is 1. The molecule has 0 aromatic heterocycles. The van der Waals surface area contributed by atoms with Gasteiger partial charge in [-0.2, -0.15) is 23.3 Å². The molecule has 1 aliphatic heterocycles. The van der Waals surface area contributed by atoms with E-state index in [2.05, 4.69) is 5.10 Å². The maximum Gasteiger partial charge on any atom is 0.439 e. The van der Waals surface area contributed by atoms with Crippen LogP contribution >= 0.6 is 0 Å². The summed E-state index contributed by atoms with van der Waals surface area (Å²) in [6.45, 7) is 0. The van der Waals surface area contributed by atoms with Gasteiger partial charge in [-0.15, -0.1) is 0 Å². The van der Waals surface area contributed by atoms with Crippen LogP contribution in [0.15, 0.2) is 29.4 Å². The van der Waals surface area contributed by atoms with E-state index in [1.165, 1.54) is 0 Å². The fourth-order valence-corrected chi connectivity index (χ4v) is 3.27. The highest BCUT2D eigenvalue weighted by Gasteiger charge is 2.68. The Morgan fingerprint density at radius 3 is 2.52 bits per heavy atom. The molecule has 0 saturated heterocycles. The fourth-order valence-electron chi connectivity index (χ4n) is 3.27. The third-order valence-corrected chi connectivity index (χ3v) is 4.55. The lowest BCUT2D eigenvalue weighted by Crippen LogP contribution is -2.61. The predicted molar refractivity (Wildman–Crippen MR) is 79.7 cm³/mol. The van der Waals surface area contributed by atoms with Gasteiger partial charge in [0.25, 0.3) is 17.3 Å². The monoisotopic (exact) mass is 357 g/mol. The second-order valence-electron chi connectivity index (χ2n) is 6.03. The van der Waals surface area contributed by atoms with E-state index in [1.54, 1.807) is 0 Å². The maximum atomic E-state index is 13.6. The highest BCUT2D eigenvalue weighted by Crippen LogP contribution is 2.48. The first-order valence-corrected chi connectivity index (χ1v) is 7.61. The summed E-state index contributed by atoms with van der Waals surface area (Å²) >= 11 is 0. The van der Waals surface area contributed by atoms with Crippen LogP contribution in [0, 0.1) is 16.0 Å². The third-order valence-electron chi connectivity index (χ3n) is 4.55. The number of aliphatic hydroxyl groups is 1. The number of benzene rings is 1. The summed E-state index contributed by atoms with van der Waals surface area (Å²) in [5.41, 5.74) is -3.77. The van der Waals surface area contributed by atoms with E-state index >= 15 is 0 Å². The van der Waals surface area contributed by atoms with Crippen molar-refractivity contribution in [1.29, 1.82) is 0 Å². The van der Waals surface area contributed by atoms with Crippen molar-refractivity contribution in [2.75, 3.05) is 0 Å². The van der Waals surface area contributed by atoms with Crippen molar-refractivity contribution >= 4 is 17.3 Å². The molecule has 1 aromatic carbocycles. The lowest BCUT2D eigenvalue weighted by atomic mass is 9.80. The van der Waals surface area contributed by atoms with Crippen LogP contribution in [0.25, 0.3) is 0 Å². The van der Waals surface area contributed by atoms with Gasteiger partial charge in [-0.3, -0.25) is 14.9 Å². The SMILES string of the molecule is O=C(c1ccc([N+](=O)[O-])cc1)N1N=C2CCCC[C@H]2[C@]1(O)C(F)(F)F. The largest absolute Gasteiger partial charge is 0.439 e. The molecule has 1 N–H and O–H groups in total. The number of amides is 1. The zero-order valence-corrected chi connectivity index (χ0v) is 12.9. The standard InChI is InChI=1S/C15H14F3N3O4/c16-15(17,18)14(23)11-3-1-2-4-12(11)19-20(14)13(22)9-5-7-10(8-6-9)21(24)25/h5-8,11,23H,1-4H2/t11-,14+/m1/s1. The van der Waals surface area contributed by atoms with Crippen molar-refractivity contribution in [2.45, 2.75) is 37.6 Å². The zero-order chi connectivity index (χ0) is 18.4. The Morgan fingerprint density at radius 1 is 1.32 bits per heavy atom. The van der Waals surface area contributed by atoms with Gasteiger partial charge in [0.1, 0.15) is 0 Å². The van der Waals surface area contributed by atoms with Crippen LogP contribution in [0.2, 0.25) is 0 Å². The van der Waals surface area contributed by atoms with Gasteiger partial charge in [0.15, 0.2) is 0 Å². The number of nitrogens with zero attached hydrogens (tertiary/aromatic N) is 3. The maximum absolute atomic E-state index is 13.6. The van der Waals surface area contributed by atoms with Gasteiger partial charge in [0, 0.05) is 23.4 Å². The topological polar surface area (TPSA) is 96.0 Å². The molecule has 2 atom stereocenters. The first-order chi connectivity index (χ1) is 11.7. The van der Waals surface area contributed by atoms with Crippen molar-refractivity contribution < 1.29 is 28.0 Å². The predicted octanol–water partition coefficient (Wildman–Crippen LogP) is 2.85. The van der Waals surface area contributed by atoms with Crippen molar-refractivity contribution in [1.82, 2.24) is 5.01 Å². The van der Waals surface area contributed by atoms with E-state index in [4.69, 9.17) is 0 Å². The molecule has 1 aromatic rings. The summed E-state index contributed by atoms with van der Waals surface area (Å²) in [6, 6.07) is 4.10. The Balaban J connectivity index is 1.99. The number of nitro benzene ring substituents is 1. The molecule has 2 aliphatic rings. The van der Waals surface area contributed by atoms with Crippen LogP contribution in [0.1, 0.15) is 36.0 Å². The van der Waals surface area contributed by atoms with E-state index in [0.717, 1.165) is 24.3 Å². The number of hydrazone groups is 1. The van der Waals surface area contributed by atoms with Gasteiger partial charge in [-0.1, -0.05) is 6.42 Å². The van der Waals surface area contributed by atoms with Crippen LogP contribution in [-0.2, 0) is 0 Å². The molecule has 0 unspecified atom stereocenters. The molecule has 1 heterocycles. The Labute approximate surface area is 139 Å². The molecule has 3 rings (SSSR count). The van der Waals surface area contributed by atoms with Crippen LogP contribution in [0.4, 0.5) is 18.9 Å². The molecule has 0 spiro atoms. The molecule has 0 bridgehead atoms. The van der Waals surface area contributed by atoms with Crippen LogP contribution < -0.4 is 0 Å². The number of rotatable bonds is 2. The number of carbonyl (C=O) groups excluding carboxylic acids is 1. The molecule has 1 fully saturated rings. The average Bonchev–Trinajstić information content (AvgIpc) is 2.89. The fraction of sp³-hybridized carbons (Fsp3) is 0.467. The number of hydrogen-bond donors (Lipinski definition) is 1. The molecular weight excluding hydrogens is 343 g/mol. The van der Waals surface area contributed by atoms with Crippen molar-refractivity contribution in [3.05, 3.63) is 39.9 Å². The first kappa shape index (κ1) is 17.3. The molecule has 134 valence electrons. The summed E-state index contributed by atoms with van der Waals surface area (Å²) in [6.07, 6.45) is -3.58. The van der Waals surface area contributed by atoms with E-state index < -0.39 is 28.6 Å². The number of fused-ring (bicyclic) bond motifs is 1. The lowest BCUT2D eigenvalue weighted by Gasteiger charge is -2.38. The van der Waals surface area contributed by atoms with Gasteiger partial charge in [0.05, 0.1) is 10.8 Å². The smallest absolute Gasteiger partial charge is 0.362 e. The van der Waals surface area contributed by atoms with Gasteiger partial charge in [0.2, 0.25) is 0 Å². The quantitative estimate of drug-likeness (QED) is 0.650. The molecule has 1 saturated carbocycles. The van der Waals surface area contributed by atoms with E-state index in [1.807, 2.05) is 0 Å². The van der Waals surface area contributed by atoms with Gasteiger partial charge in [-0.25, -0.2) is 0 Å². The minimum Gasteiger partial charge on any atom is -0.362 e. The summed E-state index contributed by atoms with van der Waals surface area (Å²) in [7, 11) is 0. The number of non-ortho nitro benzene ring substituents is 1. The Morgan fingerprint density at radius 2 is 1.96 bits per heavy atom.